The van der Waals surface area contributed by atoms with Crippen LogP contribution < -0.4 is 10.1 Å². The molecule has 0 saturated heterocycles. The Labute approximate surface area is 126 Å². The molecule has 0 bridgehead atoms. The van der Waals surface area contributed by atoms with Crippen molar-refractivity contribution in [3.8, 4) is 5.75 Å². The summed E-state index contributed by atoms with van der Waals surface area (Å²) in [6.07, 6.45) is 0. The Kier molecular flexibility index (Phi) is 5.06. The summed E-state index contributed by atoms with van der Waals surface area (Å²) in [5.41, 5.74) is 0.714. The van der Waals surface area contributed by atoms with E-state index in [-0.39, 0.29) is 6.54 Å². The van der Waals surface area contributed by atoms with Gasteiger partial charge in [-0.05, 0) is 30.3 Å². The predicted molar refractivity (Wildman–Crippen MR) is 74.5 cm³/mol. The maximum Gasteiger partial charge on any atom is 0.387 e. The summed E-state index contributed by atoms with van der Waals surface area (Å²) in [5, 5.41) is 2.81. The third-order valence-corrected chi connectivity index (χ3v) is 3.13. The highest BCUT2D eigenvalue weighted by molar-refractivity contribution is 9.10. The molecule has 0 saturated carbocycles. The van der Waals surface area contributed by atoms with E-state index in [4.69, 9.17) is 0 Å². The fraction of sp³-hybridized carbons (Fsp3) is 0.143. The van der Waals surface area contributed by atoms with Crippen molar-refractivity contribution in [2.75, 3.05) is 5.32 Å². The zero-order valence-electron chi connectivity index (χ0n) is 10.5. The second-order valence-electron chi connectivity index (χ2n) is 4.11. The predicted octanol–water partition coefficient (Wildman–Crippen LogP) is 4.94. The average Bonchev–Trinajstić information content (AvgIpc) is 2.42. The van der Waals surface area contributed by atoms with E-state index in [0.29, 0.717) is 15.7 Å². The molecule has 0 aliphatic rings. The van der Waals surface area contributed by atoms with E-state index in [1.165, 1.54) is 12.1 Å². The Morgan fingerprint density at radius 3 is 2.48 bits per heavy atom. The SMILES string of the molecule is Fc1ccc(Br)cc1CNc1ccc(OC(F)F)c(F)c1. The number of anilines is 1. The molecule has 2 rings (SSSR count). The number of benzene rings is 2. The average molecular weight is 364 g/mol. The standard InChI is InChI=1S/C14H10BrF4NO/c15-9-1-3-11(16)8(5-9)7-20-10-2-4-13(12(17)6-10)21-14(18)19/h1-6,14,20H,7H2. The molecule has 0 radical (unpaired) electrons. The summed E-state index contributed by atoms with van der Waals surface area (Å²) in [5.74, 6) is -1.86. The highest BCUT2D eigenvalue weighted by atomic mass is 79.9. The van der Waals surface area contributed by atoms with Crippen molar-refractivity contribution in [2.45, 2.75) is 13.2 Å². The molecule has 0 unspecified atom stereocenters. The summed E-state index contributed by atoms with van der Waals surface area (Å²) in [6, 6.07) is 7.93. The van der Waals surface area contributed by atoms with Crippen LogP contribution in [0.25, 0.3) is 0 Å². The number of hydrogen-bond acceptors (Lipinski definition) is 2. The fourth-order valence-electron chi connectivity index (χ4n) is 1.68. The van der Waals surface area contributed by atoms with Crippen molar-refractivity contribution < 1.29 is 22.3 Å². The summed E-state index contributed by atoms with van der Waals surface area (Å²) >= 11 is 3.22. The lowest BCUT2D eigenvalue weighted by Crippen LogP contribution is -2.05. The van der Waals surface area contributed by atoms with Crippen molar-refractivity contribution in [1.82, 2.24) is 0 Å². The first-order valence-corrected chi connectivity index (χ1v) is 6.67. The Bertz CT molecular complexity index is 636. The number of hydrogen-bond donors (Lipinski definition) is 1. The van der Waals surface area contributed by atoms with E-state index in [2.05, 4.69) is 26.0 Å². The maximum atomic E-state index is 13.5. The van der Waals surface area contributed by atoms with Gasteiger partial charge in [0.15, 0.2) is 11.6 Å². The van der Waals surface area contributed by atoms with E-state index < -0.39 is 24.0 Å². The van der Waals surface area contributed by atoms with Crippen LogP contribution in [-0.2, 0) is 6.54 Å². The third kappa shape index (κ3) is 4.35. The van der Waals surface area contributed by atoms with Gasteiger partial charge < -0.3 is 10.1 Å². The number of alkyl halides is 2. The molecule has 2 aromatic rings. The Hall–Kier alpha value is -1.76. The van der Waals surface area contributed by atoms with Crippen molar-refractivity contribution in [1.29, 1.82) is 0 Å². The Morgan fingerprint density at radius 2 is 1.81 bits per heavy atom. The van der Waals surface area contributed by atoms with E-state index in [0.717, 1.165) is 12.1 Å². The van der Waals surface area contributed by atoms with Gasteiger partial charge >= 0.3 is 6.61 Å². The zero-order valence-corrected chi connectivity index (χ0v) is 12.1. The smallest absolute Gasteiger partial charge is 0.387 e. The summed E-state index contributed by atoms with van der Waals surface area (Å²) < 4.78 is 55.7. The van der Waals surface area contributed by atoms with Gasteiger partial charge in [0.2, 0.25) is 0 Å². The first-order chi connectivity index (χ1) is 9.95. The van der Waals surface area contributed by atoms with Crippen molar-refractivity contribution >= 4 is 21.6 Å². The Morgan fingerprint density at radius 1 is 1.05 bits per heavy atom. The van der Waals surface area contributed by atoms with Crippen LogP contribution in [0.15, 0.2) is 40.9 Å². The molecule has 0 aliphatic heterocycles. The molecular weight excluding hydrogens is 354 g/mol. The second kappa shape index (κ2) is 6.80. The lowest BCUT2D eigenvalue weighted by atomic mass is 10.2. The molecular formula is C14H10BrF4NO. The van der Waals surface area contributed by atoms with E-state index in [1.54, 1.807) is 12.1 Å². The zero-order chi connectivity index (χ0) is 15.4. The van der Waals surface area contributed by atoms with Gasteiger partial charge in [0.05, 0.1) is 0 Å². The maximum absolute atomic E-state index is 13.5. The monoisotopic (exact) mass is 363 g/mol. The van der Waals surface area contributed by atoms with Gasteiger partial charge in [-0.25, -0.2) is 8.78 Å². The van der Waals surface area contributed by atoms with Gasteiger partial charge in [-0.15, -0.1) is 0 Å². The van der Waals surface area contributed by atoms with Gasteiger partial charge in [-0.1, -0.05) is 15.9 Å². The highest BCUT2D eigenvalue weighted by Gasteiger charge is 2.10. The van der Waals surface area contributed by atoms with Crippen molar-refractivity contribution in [3.05, 3.63) is 58.1 Å². The molecule has 0 amide bonds. The summed E-state index contributed by atoms with van der Waals surface area (Å²) in [4.78, 5) is 0. The van der Waals surface area contributed by atoms with Crippen LogP contribution >= 0.6 is 15.9 Å². The second-order valence-corrected chi connectivity index (χ2v) is 5.03. The number of halogens is 5. The van der Waals surface area contributed by atoms with Crippen molar-refractivity contribution in [3.63, 3.8) is 0 Å². The van der Waals surface area contributed by atoms with Crippen molar-refractivity contribution in [2.24, 2.45) is 0 Å². The molecule has 7 heteroatoms. The summed E-state index contributed by atoms with van der Waals surface area (Å²) in [7, 11) is 0. The highest BCUT2D eigenvalue weighted by Crippen LogP contribution is 2.23. The largest absolute Gasteiger partial charge is 0.432 e. The van der Waals surface area contributed by atoms with E-state index >= 15 is 0 Å². The van der Waals surface area contributed by atoms with Crippen LogP contribution in [0, 0.1) is 11.6 Å². The molecule has 21 heavy (non-hydrogen) atoms. The molecule has 0 aliphatic carbocycles. The first kappa shape index (κ1) is 15.6. The van der Waals surface area contributed by atoms with Crippen LogP contribution in [0.2, 0.25) is 0 Å². The quantitative estimate of drug-likeness (QED) is 0.759. The van der Waals surface area contributed by atoms with Crippen LogP contribution in [0.5, 0.6) is 5.75 Å². The van der Waals surface area contributed by atoms with Gasteiger partial charge in [-0.2, -0.15) is 8.78 Å². The Balaban J connectivity index is 2.07. The molecule has 0 spiro atoms. The molecule has 112 valence electrons. The number of ether oxygens (including phenoxy) is 1. The van der Waals surface area contributed by atoms with Gasteiger partial charge in [0.1, 0.15) is 5.82 Å². The fourth-order valence-corrected chi connectivity index (χ4v) is 2.09. The molecule has 0 heterocycles. The van der Waals surface area contributed by atoms with Gasteiger partial charge in [-0.3, -0.25) is 0 Å². The minimum absolute atomic E-state index is 0.125. The third-order valence-electron chi connectivity index (χ3n) is 2.64. The topological polar surface area (TPSA) is 21.3 Å². The summed E-state index contributed by atoms with van der Waals surface area (Å²) in [6.45, 7) is -2.96. The molecule has 0 atom stereocenters. The molecule has 1 N–H and O–H groups in total. The lowest BCUT2D eigenvalue weighted by molar-refractivity contribution is -0.0521. The van der Waals surface area contributed by atoms with Crippen LogP contribution in [0.3, 0.4) is 0 Å². The number of nitrogens with one attached hydrogen (secondary N) is 1. The molecule has 0 fully saturated rings. The van der Waals surface area contributed by atoms with Crippen LogP contribution in [-0.4, -0.2) is 6.61 Å². The number of rotatable bonds is 5. The first-order valence-electron chi connectivity index (χ1n) is 5.88. The molecule has 0 aromatic heterocycles. The minimum atomic E-state index is -3.09. The van der Waals surface area contributed by atoms with Gasteiger partial charge in [0, 0.05) is 28.3 Å². The normalized spacial score (nSPS) is 10.8. The molecule has 2 aromatic carbocycles. The minimum Gasteiger partial charge on any atom is -0.432 e. The van der Waals surface area contributed by atoms with Gasteiger partial charge in [0.25, 0.3) is 0 Å². The van der Waals surface area contributed by atoms with Crippen LogP contribution in [0.1, 0.15) is 5.56 Å². The van der Waals surface area contributed by atoms with E-state index in [9.17, 15) is 17.6 Å². The lowest BCUT2D eigenvalue weighted by Gasteiger charge is -2.10. The molecule has 2 nitrogen and oxygen atoms in total. The van der Waals surface area contributed by atoms with Crippen LogP contribution in [0.4, 0.5) is 23.2 Å². The van der Waals surface area contributed by atoms with E-state index in [1.807, 2.05) is 0 Å².